The highest BCUT2D eigenvalue weighted by molar-refractivity contribution is 9.10. The van der Waals surface area contributed by atoms with Gasteiger partial charge in [-0.25, -0.2) is 0 Å². The summed E-state index contributed by atoms with van der Waals surface area (Å²) in [5, 5.41) is 3.09. The van der Waals surface area contributed by atoms with E-state index in [2.05, 4.69) is 26.2 Å². The first-order chi connectivity index (χ1) is 8.69. The number of pyridine rings is 1. The summed E-state index contributed by atoms with van der Waals surface area (Å²) in [7, 11) is 1.91. The van der Waals surface area contributed by atoms with Crippen LogP contribution in [0, 0.1) is 6.92 Å². The molecule has 0 saturated heterocycles. The molecule has 0 bridgehead atoms. The molecule has 0 fully saturated rings. The van der Waals surface area contributed by atoms with E-state index in [1.165, 1.54) is 0 Å². The first kappa shape index (κ1) is 13.1. The average molecular weight is 307 g/mol. The van der Waals surface area contributed by atoms with Crippen molar-refractivity contribution >= 4 is 15.9 Å². The molecule has 0 unspecified atom stereocenters. The zero-order valence-electron chi connectivity index (χ0n) is 10.4. The molecular formula is C14H15BrN2O. The largest absolute Gasteiger partial charge is 0.455 e. The molecule has 1 N–H and O–H groups in total. The van der Waals surface area contributed by atoms with E-state index in [-0.39, 0.29) is 0 Å². The van der Waals surface area contributed by atoms with Crippen LogP contribution in [0.5, 0.6) is 11.5 Å². The Morgan fingerprint density at radius 1 is 1.28 bits per heavy atom. The molecule has 0 spiro atoms. The monoisotopic (exact) mass is 306 g/mol. The highest BCUT2D eigenvalue weighted by Gasteiger charge is 2.03. The zero-order chi connectivity index (χ0) is 13.0. The molecule has 0 atom stereocenters. The Morgan fingerprint density at radius 3 is 2.83 bits per heavy atom. The lowest BCUT2D eigenvalue weighted by Gasteiger charge is -2.09. The van der Waals surface area contributed by atoms with Crippen LogP contribution in [0.15, 0.2) is 41.1 Å². The number of halogens is 1. The Bertz CT molecular complexity index is 543. The lowest BCUT2D eigenvalue weighted by atomic mass is 10.2. The molecule has 3 nitrogen and oxygen atoms in total. The summed E-state index contributed by atoms with van der Waals surface area (Å²) in [4.78, 5) is 4.17. The standard InChI is InChI=1S/C14H15BrN2O/c1-10-5-12(15)3-4-14(10)18-13-6-11(7-16-2)8-17-9-13/h3-6,8-9,16H,7H2,1-2H3. The van der Waals surface area contributed by atoms with E-state index in [4.69, 9.17) is 4.74 Å². The van der Waals surface area contributed by atoms with Gasteiger partial charge >= 0.3 is 0 Å². The van der Waals surface area contributed by atoms with Crippen molar-refractivity contribution in [3.05, 3.63) is 52.3 Å². The van der Waals surface area contributed by atoms with Gasteiger partial charge in [0.25, 0.3) is 0 Å². The molecule has 94 valence electrons. The fourth-order valence-corrected chi connectivity index (χ4v) is 2.15. The van der Waals surface area contributed by atoms with Gasteiger partial charge in [-0.2, -0.15) is 0 Å². The minimum absolute atomic E-state index is 0.758. The van der Waals surface area contributed by atoms with E-state index in [1.54, 1.807) is 6.20 Å². The van der Waals surface area contributed by atoms with Crippen LogP contribution in [0.25, 0.3) is 0 Å². The van der Waals surface area contributed by atoms with Crippen LogP contribution in [0.4, 0.5) is 0 Å². The maximum Gasteiger partial charge on any atom is 0.146 e. The van der Waals surface area contributed by atoms with E-state index >= 15 is 0 Å². The second-order valence-corrected chi connectivity index (χ2v) is 4.99. The minimum atomic E-state index is 0.758. The van der Waals surface area contributed by atoms with Gasteiger partial charge in [0.05, 0.1) is 6.20 Å². The minimum Gasteiger partial charge on any atom is -0.455 e. The third-order valence-corrected chi connectivity index (χ3v) is 3.01. The summed E-state index contributed by atoms with van der Waals surface area (Å²) in [5.74, 6) is 1.61. The molecule has 1 aromatic heterocycles. The van der Waals surface area contributed by atoms with Crippen molar-refractivity contribution < 1.29 is 4.74 Å². The summed E-state index contributed by atoms with van der Waals surface area (Å²) in [5.41, 5.74) is 2.19. The van der Waals surface area contributed by atoms with Crippen molar-refractivity contribution in [2.45, 2.75) is 13.5 Å². The van der Waals surface area contributed by atoms with Gasteiger partial charge in [-0.05, 0) is 49.4 Å². The molecule has 0 saturated carbocycles. The Balaban J connectivity index is 2.20. The van der Waals surface area contributed by atoms with Crippen LogP contribution in [0.1, 0.15) is 11.1 Å². The van der Waals surface area contributed by atoms with Gasteiger partial charge in [0.2, 0.25) is 0 Å². The van der Waals surface area contributed by atoms with Gasteiger partial charge in [-0.1, -0.05) is 15.9 Å². The lowest BCUT2D eigenvalue weighted by molar-refractivity contribution is 0.475. The van der Waals surface area contributed by atoms with Crippen molar-refractivity contribution in [3.63, 3.8) is 0 Å². The number of aromatic nitrogens is 1. The average Bonchev–Trinajstić information content (AvgIpc) is 2.34. The molecule has 0 aliphatic carbocycles. The van der Waals surface area contributed by atoms with E-state index in [9.17, 15) is 0 Å². The first-order valence-corrected chi connectivity index (χ1v) is 6.51. The SMILES string of the molecule is CNCc1cncc(Oc2ccc(Br)cc2C)c1. The predicted molar refractivity (Wildman–Crippen MR) is 76.0 cm³/mol. The van der Waals surface area contributed by atoms with Gasteiger partial charge < -0.3 is 10.1 Å². The van der Waals surface area contributed by atoms with Crippen LogP contribution in [0.3, 0.4) is 0 Å². The number of nitrogens with zero attached hydrogens (tertiary/aromatic N) is 1. The molecule has 1 aromatic carbocycles. The quantitative estimate of drug-likeness (QED) is 0.936. The second-order valence-electron chi connectivity index (χ2n) is 4.07. The highest BCUT2D eigenvalue weighted by atomic mass is 79.9. The molecule has 0 amide bonds. The van der Waals surface area contributed by atoms with Crippen molar-refractivity contribution in [2.75, 3.05) is 7.05 Å². The number of ether oxygens (including phenoxy) is 1. The second kappa shape index (κ2) is 5.98. The molecule has 0 radical (unpaired) electrons. The molecule has 2 aromatic rings. The predicted octanol–water partition coefficient (Wildman–Crippen LogP) is 3.66. The topological polar surface area (TPSA) is 34.2 Å². The fraction of sp³-hybridized carbons (Fsp3) is 0.214. The third kappa shape index (κ3) is 3.31. The van der Waals surface area contributed by atoms with Crippen LogP contribution < -0.4 is 10.1 Å². The fourth-order valence-electron chi connectivity index (χ4n) is 1.67. The Hall–Kier alpha value is -1.39. The van der Waals surface area contributed by atoms with Gasteiger partial charge in [0.15, 0.2) is 0 Å². The van der Waals surface area contributed by atoms with E-state index < -0.39 is 0 Å². The van der Waals surface area contributed by atoms with E-state index in [1.807, 2.05) is 44.4 Å². The zero-order valence-corrected chi connectivity index (χ0v) is 12.0. The lowest BCUT2D eigenvalue weighted by Crippen LogP contribution is -2.05. The van der Waals surface area contributed by atoms with Crippen molar-refractivity contribution in [1.82, 2.24) is 10.3 Å². The number of rotatable bonds is 4. The first-order valence-electron chi connectivity index (χ1n) is 5.71. The van der Waals surface area contributed by atoms with Crippen LogP contribution in [-0.2, 0) is 6.54 Å². The number of hydrogen-bond donors (Lipinski definition) is 1. The van der Waals surface area contributed by atoms with Crippen LogP contribution in [0.2, 0.25) is 0 Å². The molecular weight excluding hydrogens is 292 g/mol. The van der Waals surface area contributed by atoms with Crippen molar-refractivity contribution in [3.8, 4) is 11.5 Å². The molecule has 4 heteroatoms. The maximum atomic E-state index is 5.84. The molecule has 1 heterocycles. The Labute approximate surface area is 115 Å². The number of benzene rings is 1. The van der Waals surface area contributed by atoms with Crippen molar-refractivity contribution in [1.29, 1.82) is 0 Å². The molecule has 0 aliphatic rings. The number of hydrogen-bond acceptors (Lipinski definition) is 3. The third-order valence-electron chi connectivity index (χ3n) is 2.52. The molecule has 0 aliphatic heterocycles. The summed E-state index contributed by atoms with van der Waals surface area (Å²) >= 11 is 3.44. The van der Waals surface area contributed by atoms with Gasteiger partial charge in [0.1, 0.15) is 11.5 Å². The van der Waals surface area contributed by atoms with Gasteiger partial charge in [-0.15, -0.1) is 0 Å². The van der Waals surface area contributed by atoms with Crippen LogP contribution >= 0.6 is 15.9 Å². The molecule has 18 heavy (non-hydrogen) atoms. The molecule has 2 rings (SSSR count). The maximum absolute atomic E-state index is 5.84. The Morgan fingerprint density at radius 2 is 2.11 bits per heavy atom. The van der Waals surface area contributed by atoms with Gasteiger partial charge in [-0.3, -0.25) is 4.98 Å². The Kier molecular flexibility index (Phi) is 4.33. The summed E-state index contributed by atoms with van der Waals surface area (Å²) < 4.78 is 6.89. The number of aryl methyl sites for hydroxylation is 1. The smallest absolute Gasteiger partial charge is 0.146 e. The van der Waals surface area contributed by atoms with Crippen LogP contribution in [-0.4, -0.2) is 12.0 Å². The summed E-state index contributed by atoms with van der Waals surface area (Å²) in [6, 6.07) is 7.93. The normalized spacial score (nSPS) is 10.4. The van der Waals surface area contributed by atoms with E-state index in [0.717, 1.165) is 33.6 Å². The van der Waals surface area contributed by atoms with E-state index in [0.29, 0.717) is 0 Å². The summed E-state index contributed by atoms with van der Waals surface area (Å²) in [6.45, 7) is 2.80. The van der Waals surface area contributed by atoms with Gasteiger partial charge in [0, 0.05) is 17.2 Å². The highest BCUT2D eigenvalue weighted by Crippen LogP contribution is 2.27. The van der Waals surface area contributed by atoms with Crippen molar-refractivity contribution in [2.24, 2.45) is 0 Å². The summed E-state index contributed by atoms with van der Waals surface area (Å²) in [6.07, 6.45) is 3.55. The number of nitrogens with one attached hydrogen (secondary N) is 1.